The van der Waals surface area contributed by atoms with Crippen LogP contribution in [0.25, 0.3) is 0 Å². The van der Waals surface area contributed by atoms with Gasteiger partial charge in [-0.3, -0.25) is 0 Å². The van der Waals surface area contributed by atoms with Crippen LogP contribution in [0.5, 0.6) is 0 Å². The number of aliphatic hydroxyl groups is 1. The van der Waals surface area contributed by atoms with Gasteiger partial charge in [-0.05, 0) is 12.1 Å². The highest BCUT2D eigenvalue weighted by Gasteiger charge is 2.33. The molecular formula is C15H22N3O4S+. The summed E-state index contributed by atoms with van der Waals surface area (Å²) in [5.74, 6) is 0.553. The third-order valence-electron chi connectivity index (χ3n) is 4.27. The summed E-state index contributed by atoms with van der Waals surface area (Å²) in [6, 6.07) is 6.95. The quantitative estimate of drug-likeness (QED) is 0.686. The predicted octanol–water partition coefficient (Wildman–Crippen LogP) is -1.66. The molecule has 1 aromatic carbocycles. The van der Waals surface area contributed by atoms with Crippen molar-refractivity contribution in [2.24, 2.45) is 4.40 Å². The topological polar surface area (TPSA) is 83.6 Å². The molecule has 23 heavy (non-hydrogen) atoms. The first-order valence-corrected chi connectivity index (χ1v) is 9.15. The molecule has 2 aliphatic rings. The zero-order chi connectivity index (χ0) is 16.4. The SMILES string of the molecule is COC[C@@H](O)C[NH+]1CCN(C2=NS(=O)(=O)c3ccccc32)CC1. The summed E-state index contributed by atoms with van der Waals surface area (Å²) in [5.41, 5.74) is 0.690. The molecule has 0 saturated carbocycles. The minimum absolute atomic E-state index is 0.292. The highest BCUT2D eigenvalue weighted by molar-refractivity contribution is 7.90. The Balaban J connectivity index is 1.67. The van der Waals surface area contributed by atoms with Crippen LogP contribution in [0.4, 0.5) is 0 Å². The molecular weight excluding hydrogens is 318 g/mol. The molecule has 126 valence electrons. The Bertz CT molecular complexity index is 696. The monoisotopic (exact) mass is 340 g/mol. The molecule has 1 saturated heterocycles. The Labute approximate surface area is 136 Å². The summed E-state index contributed by atoms with van der Waals surface area (Å²) in [5, 5.41) is 9.82. The van der Waals surface area contributed by atoms with Crippen molar-refractivity contribution < 1.29 is 23.2 Å². The Kier molecular flexibility index (Phi) is 4.67. The number of rotatable bonds is 4. The molecule has 1 atom stereocenters. The number of nitrogens with zero attached hydrogens (tertiary/aromatic N) is 2. The van der Waals surface area contributed by atoms with Gasteiger partial charge < -0.3 is 19.6 Å². The van der Waals surface area contributed by atoms with Gasteiger partial charge in [0.15, 0.2) is 5.84 Å². The molecule has 0 radical (unpaired) electrons. The van der Waals surface area contributed by atoms with Gasteiger partial charge in [-0.1, -0.05) is 12.1 Å². The van der Waals surface area contributed by atoms with Crippen LogP contribution < -0.4 is 4.90 Å². The first-order chi connectivity index (χ1) is 11.0. The van der Waals surface area contributed by atoms with Crippen molar-refractivity contribution in [2.75, 3.05) is 46.4 Å². The van der Waals surface area contributed by atoms with Crippen LogP contribution in [0.15, 0.2) is 33.6 Å². The van der Waals surface area contributed by atoms with Crippen LogP contribution in [-0.2, 0) is 14.8 Å². The molecule has 0 aromatic heterocycles. The van der Waals surface area contributed by atoms with Crippen LogP contribution in [0.3, 0.4) is 0 Å². The molecule has 0 spiro atoms. The van der Waals surface area contributed by atoms with Crippen LogP contribution in [0, 0.1) is 0 Å². The van der Waals surface area contributed by atoms with Crippen LogP contribution in [0.1, 0.15) is 5.56 Å². The van der Waals surface area contributed by atoms with Crippen molar-refractivity contribution in [1.82, 2.24) is 4.90 Å². The van der Waals surface area contributed by atoms with Gasteiger partial charge in [0.2, 0.25) is 0 Å². The Morgan fingerprint density at radius 3 is 2.74 bits per heavy atom. The van der Waals surface area contributed by atoms with E-state index < -0.39 is 16.1 Å². The molecule has 2 heterocycles. The second kappa shape index (κ2) is 6.56. The van der Waals surface area contributed by atoms with Gasteiger partial charge in [0.05, 0.1) is 32.8 Å². The molecule has 1 aromatic rings. The minimum Gasteiger partial charge on any atom is -0.385 e. The average Bonchev–Trinajstić information content (AvgIpc) is 2.81. The van der Waals surface area contributed by atoms with Gasteiger partial charge in [0.1, 0.15) is 17.5 Å². The summed E-state index contributed by atoms with van der Waals surface area (Å²) in [6.07, 6.45) is -0.466. The second-order valence-corrected chi connectivity index (χ2v) is 7.51. The second-order valence-electron chi connectivity index (χ2n) is 5.94. The number of ether oxygens (including phenoxy) is 1. The van der Waals surface area contributed by atoms with E-state index in [-0.39, 0.29) is 0 Å². The van der Waals surface area contributed by atoms with E-state index in [0.29, 0.717) is 29.4 Å². The maximum atomic E-state index is 12.1. The number of hydrogen-bond acceptors (Lipinski definition) is 5. The molecule has 0 amide bonds. The van der Waals surface area contributed by atoms with Gasteiger partial charge >= 0.3 is 0 Å². The predicted molar refractivity (Wildman–Crippen MR) is 85.2 cm³/mol. The van der Waals surface area contributed by atoms with E-state index in [1.54, 1.807) is 25.3 Å². The summed E-state index contributed by atoms with van der Waals surface area (Å²) in [6.45, 7) is 4.09. The van der Waals surface area contributed by atoms with E-state index in [1.807, 2.05) is 11.0 Å². The average molecular weight is 340 g/mol. The lowest BCUT2D eigenvalue weighted by atomic mass is 10.1. The first-order valence-electron chi connectivity index (χ1n) is 7.71. The fourth-order valence-corrected chi connectivity index (χ4v) is 4.37. The number of quaternary nitrogens is 1. The molecule has 2 aliphatic heterocycles. The van der Waals surface area contributed by atoms with Crippen molar-refractivity contribution in [3.8, 4) is 0 Å². The normalized spacial score (nSPS) is 21.8. The fourth-order valence-electron chi connectivity index (χ4n) is 3.14. The highest BCUT2D eigenvalue weighted by Crippen LogP contribution is 2.27. The maximum absolute atomic E-state index is 12.1. The van der Waals surface area contributed by atoms with E-state index in [0.717, 1.165) is 26.2 Å². The molecule has 3 rings (SSSR count). The van der Waals surface area contributed by atoms with Gasteiger partial charge in [-0.2, -0.15) is 8.42 Å². The van der Waals surface area contributed by atoms with Crippen LogP contribution in [-0.4, -0.2) is 76.8 Å². The Hall–Kier alpha value is -1.48. The fraction of sp³-hybridized carbons (Fsp3) is 0.533. The summed E-state index contributed by atoms with van der Waals surface area (Å²) in [7, 11) is -1.99. The number of nitrogens with one attached hydrogen (secondary N) is 1. The van der Waals surface area contributed by atoms with Crippen LogP contribution in [0.2, 0.25) is 0 Å². The highest BCUT2D eigenvalue weighted by atomic mass is 32.2. The van der Waals surface area contributed by atoms with Gasteiger partial charge in [-0.15, -0.1) is 4.40 Å². The number of benzene rings is 1. The van der Waals surface area contributed by atoms with Crippen molar-refractivity contribution in [1.29, 1.82) is 0 Å². The smallest absolute Gasteiger partial charge is 0.285 e. The number of amidine groups is 1. The lowest BCUT2D eigenvalue weighted by molar-refractivity contribution is -0.907. The Morgan fingerprint density at radius 1 is 1.35 bits per heavy atom. The first kappa shape index (κ1) is 16.4. The van der Waals surface area contributed by atoms with Crippen LogP contribution >= 0.6 is 0 Å². The molecule has 8 heteroatoms. The number of aliphatic hydroxyl groups excluding tert-OH is 1. The Morgan fingerprint density at radius 2 is 2.04 bits per heavy atom. The number of piperazine rings is 1. The van der Waals surface area contributed by atoms with Gasteiger partial charge in [0, 0.05) is 12.7 Å². The van der Waals surface area contributed by atoms with E-state index in [1.165, 1.54) is 4.90 Å². The number of sulfonamides is 1. The number of fused-ring (bicyclic) bond motifs is 1. The third-order valence-corrected chi connectivity index (χ3v) is 5.59. The van der Waals surface area contributed by atoms with E-state index in [9.17, 15) is 13.5 Å². The standard InChI is InChI=1S/C15H21N3O4S/c1-22-11-12(19)10-17-6-8-18(9-7-17)15-13-4-2-3-5-14(13)23(20,21)16-15/h2-5,12,19H,6-11H2,1H3/p+1/t12-/m0/s1. The molecule has 0 unspecified atom stereocenters. The van der Waals surface area contributed by atoms with Crippen molar-refractivity contribution in [3.63, 3.8) is 0 Å². The van der Waals surface area contributed by atoms with E-state index in [2.05, 4.69) is 4.40 Å². The third kappa shape index (κ3) is 3.40. The summed E-state index contributed by atoms with van der Waals surface area (Å²) in [4.78, 5) is 3.61. The van der Waals surface area contributed by atoms with E-state index in [4.69, 9.17) is 4.74 Å². The number of hydrogen-bond donors (Lipinski definition) is 2. The summed E-state index contributed by atoms with van der Waals surface area (Å²) < 4.78 is 33.2. The van der Waals surface area contributed by atoms with Crippen molar-refractivity contribution in [2.45, 2.75) is 11.0 Å². The lowest BCUT2D eigenvalue weighted by Gasteiger charge is -2.34. The van der Waals surface area contributed by atoms with Crippen molar-refractivity contribution >= 4 is 15.9 Å². The largest absolute Gasteiger partial charge is 0.385 e. The zero-order valence-corrected chi connectivity index (χ0v) is 13.9. The molecule has 2 N–H and O–H groups in total. The maximum Gasteiger partial charge on any atom is 0.285 e. The minimum atomic E-state index is -3.56. The zero-order valence-electron chi connectivity index (χ0n) is 13.1. The van der Waals surface area contributed by atoms with Gasteiger partial charge in [0.25, 0.3) is 10.0 Å². The summed E-state index contributed by atoms with van der Waals surface area (Å²) >= 11 is 0. The van der Waals surface area contributed by atoms with E-state index >= 15 is 0 Å². The molecule has 0 bridgehead atoms. The molecule has 7 nitrogen and oxygen atoms in total. The molecule has 1 fully saturated rings. The van der Waals surface area contributed by atoms with Gasteiger partial charge in [-0.25, -0.2) is 0 Å². The number of methoxy groups -OCH3 is 1. The molecule has 0 aliphatic carbocycles. The lowest BCUT2D eigenvalue weighted by Crippen LogP contribution is -3.15. The van der Waals surface area contributed by atoms with Crippen molar-refractivity contribution in [3.05, 3.63) is 29.8 Å².